The summed E-state index contributed by atoms with van der Waals surface area (Å²) in [5.74, 6) is -1.97. The van der Waals surface area contributed by atoms with Gasteiger partial charge in [-0.25, -0.2) is 13.9 Å². The van der Waals surface area contributed by atoms with Crippen molar-refractivity contribution in [3.8, 4) is 5.69 Å². The van der Waals surface area contributed by atoms with E-state index in [4.69, 9.17) is 9.84 Å². The van der Waals surface area contributed by atoms with E-state index < -0.39 is 23.8 Å². The van der Waals surface area contributed by atoms with E-state index >= 15 is 0 Å². The number of para-hydroxylation sites is 1. The first-order valence-electron chi connectivity index (χ1n) is 7.00. The number of aliphatic carboxylic acids is 1. The van der Waals surface area contributed by atoms with Gasteiger partial charge in [0.2, 0.25) is 0 Å². The third-order valence-corrected chi connectivity index (χ3v) is 3.54. The Balaban J connectivity index is 1.79. The number of aromatic nitrogens is 2. The first kappa shape index (κ1) is 15.2. The zero-order valence-corrected chi connectivity index (χ0v) is 12.1. The van der Waals surface area contributed by atoms with Crippen LogP contribution >= 0.6 is 0 Å². The van der Waals surface area contributed by atoms with Crippen molar-refractivity contribution in [2.45, 2.75) is 6.10 Å². The number of amides is 1. The number of carboxylic acids is 1. The quantitative estimate of drug-likeness (QED) is 0.910. The Morgan fingerprint density at radius 3 is 2.83 bits per heavy atom. The molecule has 1 fully saturated rings. The minimum Gasteiger partial charge on any atom is -0.479 e. The lowest BCUT2D eigenvalue weighted by atomic mass is 10.2. The van der Waals surface area contributed by atoms with Crippen molar-refractivity contribution in [2.75, 3.05) is 19.7 Å². The van der Waals surface area contributed by atoms with Crippen molar-refractivity contribution in [1.29, 1.82) is 0 Å². The highest BCUT2D eigenvalue weighted by Crippen LogP contribution is 2.14. The topological polar surface area (TPSA) is 84.7 Å². The fraction of sp³-hybridized carbons (Fsp3) is 0.267. The summed E-state index contributed by atoms with van der Waals surface area (Å²) in [6.45, 7) is 0.395. The van der Waals surface area contributed by atoms with Crippen LogP contribution in [0, 0.1) is 5.82 Å². The number of hydrogen-bond acceptors (Lipinski definition) is 4. The molecule has 0 spiro atoms. The molecule has 3 rings (SSSR count). The minimum atomic E-state index is -1.11. The van der Waals surface area contributed by atoms with Gasteiger partial charge in [-0.2, -0.15) is 5.10 Å². The lowest BCUT2D eigenvalue weighted by Gasteiger charge is -2.30. The summed E-state index contributed by atoms with van der Waals surface area (Å²) < 4.78 is 20.1. The molecule has 2 aromatic rings. The van der Waals surface area contributed by atoms with Gasteiger partial charge in [-0.3, -0.25) is 4.79 Å². The maximum atomic E-state index is 13.7. The van der Waals surface area contributed by atoms with Crippen LogP contribution in [0.1, 0.15) is 10.5 Å². The maximum Gasteiger partial charge on any atom is 0.334 e. The zero-order valence-electron chi connectivity index (χ0n) is 12.1. The summed E-state index contributed by atoms with van der Waals surface area (Å²) >= 11 is 0. The Bertz CT molecular complexity index is 746. The van der Waals surface area contributed by atoms with Crippen molar-refractivity contribution >= 4 is 11.9 Å². The first-order chi connectivity index (χ1) is 11.1. The van der Waals surface area contributed by atoms with Gasteiger partial charge >= 0.3 is 5.97 Å². The van der Waals surface area contributed by atoms with Crippen molar-refractivity contribution in [3.63, 3.8) is 0 Å². The van der Waals surface area contributed by atoms with E-state index in [1.807, 2.05) is 0 Å². The molecule has 1 aliphatic heterocycles. The summed E-state index contributed by atoms with van der Waals surface area (Å²) in [7, 11) is 0. The lowest BCUT2D eigenvalue weighted by Crippen LogP contribution is -2.48. The highest BCUT2D eigenvalue weighted by Gasteiger charge is 2.30. The van der Waals surface area contributed by atoms with E-state index in [1.165, 1.54) is 27.9 Å². The molecule has 1 aromatic heterocycles. The lowest BCUT2D eigenvalue weighted by molar-refractivity contribution is -0.154. The second kappa shape index (κ2) is 6.17. The van der Waals surface area contributed by atoms with Crippen LogP contribution in [0.25, 0.3) is 5.69 Å². The molecule has 0 bridgehead atoms. The summed E-state index contributed by atoms with van der Waals surface area (Å²) in [5, 5.41) is 13.1. The van der Waals surface area contributed by atoms with Crippen molar-refractivity contribution in [2.24, 2.45) is 0 Å². The van der Waals surface area contributed by atoms with Gasteiger partial charge in [-0.05, 0) is 18.2 Å². The minimum absolute atomic E-state index is 0.0409. The number of rotatable bonds is 3. The Hall–Kier alpha value is -2.74. The maximum absolute atomic E-state index is 13.7. The van der Waals surface area contributed by atoms with E-state index in [9.17, 15) is 14.0 Å². The van der Waals surface area contributed by atoms with Crippen LogP contribution in [-0.4, -0.2) is 57.5 Å². The number of nitrogens with zero attached hydrogens (tertiary/aromatic N) is 3. The molecule has 23 heavy (non-hydrogen) atoms. The largest absolute Gasteiger partial charge is 0.479 e. The molecular weight excluding hydrogens is 305 g/mol. The fourth-order valence-corrected chi connectivity index (χ4v) is 2.35. The number of morpholine rings is 1. The van der Waals surface area contributed by atoms with E-state index in [2.05, 4.69) is 5.10 Å². The van der Waals surface area contributed by atoms with Crippen LogP contribution in [0.3, 0.4) is 0 Å². The Morgan fingerprint density at radius 1 is 1.30 bits per heavy atom. The summed E-state index contributed by atoms with van der Waals surface area (Å²) in [6, 6.07) is 7.55. The molecule has 1 amide bonds. The summed E-state index contributed by atoms with van der Waals surface area (Å²) in [4.78, 5) is 24.7. The average Bonchev–Trinajstić information content (AvgIpc) is 3.04. The Labute approximate surface area is 130 Å². The highest BCUT2D eigenvalue weighted by atomic mass is 19.1. The molecule has 1 aromatic carbocycles. The molecule has 120 valence electrons. The van der Waals surface area contributed by atoms with Gasteiger partial charge in [0.1, 0.15) is 11.5 Å². The molecule has 0 saturated carbocycles. The number of carbonyl (C=O) groups is 2. The molecule has 1 N–H and O–H groups in total. The predicted octanol–water partition coefficient (Wildman–Crippen LogP) is 0.937. The fourth-order valence-electron chi connectivity index (χ4n) is 2.35. The Kier molecular flexibility index (Phi) is 4.07. The van der Waals surface area contributed by atoms with Crippen LogP contribution in [0.2, 0.25) is 0 Å². The smallest absolute Gasteiger partial charge is 0.334 e. The molecule has 0 aliphatic carbocycles. The molecule has 7 nitrogen and oxygen atoms in total. The van der Waals surface area contributed by atoms with Gasteiger partial charge in [-0.1, -0.05) is 12.1 Å². The first-order valence-corrected chi connectivity index (χ1v) is 7.00. The molecular formula is C15H14FN3O4. The van der Waals surface area contributed by atoms with E-state index in [0.29, 0.717) is 0 Å². The van der Waals surface area contributed by atoms with E-state index in [0.717, 1.165) is 0 Å². The normalized spacial score (nSPS) is 18.0. The van der Waals surface area contributed by atoms with Crippen molar-refractivity contribution < 1.29 is 23.8 Å². The van der Waals surface area contributed by atoms with Gasteiger partial charge in [-0.15, -0.1) is 0 Å². The second-order valence-corrected chi connectivity index (χ2v) is 5.05. The molecule has 1 saturated heterocycles. The molecule has 1 atom stereocenters. The number of carboxylic acid groups (broad SMARTS) is 1. The zero-order chi connectivity index (χ0) is 16.4. The predicted molar refractivity (Wildman–Crippen MR) is 76.8 cm³/mol. The standard InChI is InChI=1S/C15H14FN3O4/c16-10-3-1-2-4-12(10)19-6-5-11(17-19)14(20)18-7-8-23-13(9-18)15(21)22/h1-6,13H,7-9H2,(H,21,22)/t13-/m1/s1. The third-order valence-electron chi connectivity index (χ3n) is 3.54. The van der Waals surface area contributed by atoms with E-state index in [-0.39, 0.29) is 31.1 Å². The highest BCUT2D eigenvalue weighted by molar-refractivity contribution is 5.92. The van der Waals surface area contributed by atoms with Crippen molar-refractivity contribution in [1.82, 2.24) is 14.7 Å². The van der Waals surface area contributed by atoms with Gasteiger partial charge in [0.15, 0.2) is 11.8 Å². The number of ether oxygens (including phenoxy) is 1. The van der Waals surface area contributed by atoms with Crippen LogP contribution in [0.15, 0.2) is 36.5 Å². The number of hydrogen-bond donors (Lipinski definition) is 1. The van der Waals surface area contributed by atoms with Crippen LogP contribution in [0.5, 0.6) is 0 Å². The number of halogens is 1. The molecule has 8 heteroatoms. The third kappa shape index (κ3) is 3.07. The molecule has 0 radical (unpaired) electrons. The molecule has 0 unspecified atom stereocenters. The van der Waals surface area contributed by atoms with E-state index in [1.54, 1.807) is 18.2 Å². The SMILES string of the molecule is O=C(O)[C@H]1CN(C(=O)c2ccn(-c3ccccc3F)n2)CCO1. The van der Waals surface area contributed by atoms with Gasteiger partial charge in [0, 0.05) is 12.7 Å². The second-order valence-electron chi connectivity index (χ2n) is 5.05. The average molecular weight is 319 g/mol. The van der Waals surface area contributed by atoms with Crippen LogP contribution < -0.4 is 0 Å². The van der Waals surface area contributed by atoms with Crippen LogP contribution in [-0.2, 0) is 9.53 Å². The molecule has 2 heterocycles. The Morgan fingerprint density at radius 2 is 2.09 bits per heavy atom. The molecule has 1 aliphatic rings. The number of benzene rings is 1. The van der Waals surface area contributed by atoms with Crippen LogP contribution in [0.4, 0.5) is 4.39 Å². The van der Waals surface area contributed by atoms with Gasteiger partial charge in [0.05, 0.1) is 13.2 Å². The summed E-state index contributed by atoms with van der Waals surface area (Å²) in [6.07, 6.45) is 0.446. The van der Waals surface area contributed by atoms with Crippen molar-refractivity contribution in [3.05, 3.63) is 48.0 Å². The monoisotopic (exact) mass is 319 g/mol. The van der Waals surface area contributed by atoms with Gasteiger partial charge in [0.25, 0.3) is 5.91 Å². The van der Waals surface area contributed by atoms with Gasteiger partial charge < -0.3 is 14.7 Å². The number of carbonyl (C=O) groups excluding carboxylic acids is 1. The summed E-state index contributed by atoms with van der Waals surface area (Å²) in [5.41, 5.74) is 0.358.